The molecule has 0 aliphatic carbocycles. The number of primary sulfonamides is 1. The smallest absolute Gasteiger partial charge is 0.340 e. The Hall–Kier alpha value is -2.29. The summed E-state index contributed by atoms with van der Waals surface area (Å²) in [5.41, 5.74) is -0.220. The minimum atomic E-state index is -4.03. The van der Waals surface area contributed by atoms with Crippen LogP contribution in [0, 0.1) is 5.82 Å². The van der Waals surface area contributed by atoms with Crippen LogP contribution in [0.2, 0.25) is 5.02 Å². The van der Waals surface area contributed by atoms with Crippen molar-refractivity contribution in [2.24, 2.45) is 5.14 Å². The lowest BCUT2D eigenvalue weighted by molar-refractivity contribution is 0.0474. The quantitative estimate of drug-likeness (QED) is 0.640. The van der Waals surface area contributed by atoms with Crippen LogP contribution in [0.1, 0.15) is 20.7 Å². The molecule has 6 nitrogen and oxygen atoms in total. The number of ether oxygens (including phenoxy) is 1. The summed E-state index contributed by atoms with van der Waals surface area (Å²) in [5.74, 6) is -2.23. The molecule has 0 spiro atoms. The molecule has 126 valence electrons. The molecule has 0 atom stereocenters. The normalized spacial score (nSPS) is 11.1. The highest BCUT2D eigenvalue weighted by molar-refractivity contribution is 7.89. The third-order valence-corrected chi connectivity index (χ3v) is 4.21. The van der Waals surface area contributed by atoms with Gasteiger partial charge < -0.3 is 4.74 Å². The number of carbonyl (C=O) groups is 2. The van der Waals surface area contributed by atoms with Crippen LogP contribution >= 0.6 is 11.6 Å². The second-order valence-electron chi connectivity index (χ2n) is 4.70. The molecule has 0 unspecified atom stereocenters. The SMILES string of the molecule is NS(=O)(=O)c1ccc(Cl)c(C(=O)OCC(=O)c2cccc(F)c2)c1. The summed E-state index contributed by atoms with van der Waals surface area (Å²) < 4.78 is 40.4. The van der Waals surface area contributed by atoms with Gasteiger partial charge in [0, 0.05) is 5.56 Å². The number of carbonyl (C=O) groups excluding carboxylic acids is 2. The molecule has 0 bridgehead atoms. The monoisotopic (exact) mass is 371 g/mol. The molecule has 2 N–H and O–H groups in total. The predicted molar refractivity (Wildman–Crippen MR) is 83.8 cm³/mol. The van der Waals surface area contributed by atoms with Gasteiger partial charge in [-0.15, -0.1) is 0 Å². The molecule has 0 aliphatic heterocycles. The summed E-state index contributed by atoms with van der Waals surface area (Å²) in [7, 11) is -4.03. The molecule has 0 aliphatic rings. The van der Waals surface area contributed by atoms with E-state index in [2.05, 4.69) is 0 Å². The molecule has 0 amide bonds. The van der Waals surface area contributed by atoms with Gasteiger partial charge in [-0.2, -0.15) is 0 Å². The first-order valence-corrected chi connectivity index (χ1v) is 8.39. The molecule has 0 fully saturated rings. The molecular weight excluding hydrogens is 361 g/mol. The van der Waals surface area contributed by atoms with E-state index in [0.717, 1.165) is 18.2 Å². The third kappa shape index (κ3) is 4.38. The van der Waals surface area contributed by atoms with Crippen molar-refractivity contribution in [3.63, 3.8) is 0 Å². The predicted octanol–water partition coefficient (Wildman–Crippen LogP) is 2.17. The first-order valence-electron chi connectivity index (χ1n) is 6.47. The third-order valence-electron chi connectivity index (χ3n) is 2.97. The van der Waals surface area contributed by atoms with Crippen LogP contribution in [-0.4, -0.2) is 26.8 Å². The fourth-order valence-corrected chi connectivity index (χ4v) is 2.53. The number of ketones is 1. The fourth-order valence-electron chi connectivity index (χ4n) is 1.79. The summed E-state index contributed by atoms with van der Waals surface area (Å²) in [4.78, 5) is 23.5. The largest absolute Gasteiger partial charge is 0.454 e. The number of sulfonamides is 1. The lowest BCUT2D eigenvalue weighted by Crippen LogP contribution is -2.16. The number of Topliss-reactive ketones (excluding diaryl/α,β-unsaturated/α-hetero) is 1. The van der Waals surface area contributed by atoms with Crippen molar-refractivity contribution < 1.29 is 27.1 Å². The Labute approximate surface area is 142 Å². The molecule has 0 radical (unpaired) electrons. The average molecular weight is 372 g/mol. The number of nitrogens with two attached hydrogens (primary N) is 1. The number of benzene rings is 2. The minimum Gasteiger partial charge on any atom is -0.454 e. The second-order valence-corrected chi connectivity index (χ2v) is 6.66. The summed E-state index contributed by atoms with van der Waals surface area (Å²) in [6, 6.07) is 8.14. The van der Waals surface area contributed by atoms with Crippen LogP contribution < -0.4 is 5.14 Å². The molecule has 9 heteroatoms. The van der Waals surface area contributed by atoms with Crippen molar-refractivity contribution >= 4 is 33.4 Å². The Bertz CT molecular complexity index is 914. The van der Waals surface area contributed by atoms with E-state index in [1.807, 2.05) is 0 Å². The Morgan fingerprint density at radius 1 is 1.17 bits per heavy atom. The molecule has 24 heavy (non-hydrogen) atoms. The minimum absolute atomic E-state index is 0.0344. The van der Waals surface area contributed by atoms with Crippen LogP contribution in [0.15, 0.2) is 47.4 Å². The van der Waals surface area contributed by atoms with Crippen molar-refractivity contribution in [3.05, 3.63) is 64.4 Å². The Balaban J connectivity index is 2.14. The summed E-state index contributed by atoms with van der Waals surface area (Å²) in [6.07, 6.45) is 0. The standard InChI is InChI=1S/C15H11ClFNO5S/c16-13-5-4-11(24(18,21)22)7-12(13)15(20)23-8-14(19)9-2-1-3-10(17)6-9/h1-7H,8H2,(H2,18,21,22). The zero-order valence-corrected chi connectivity index (χ0v) is 13.6. The van der Waals surface area contributed by atoms with Crippen LogP contribution in [0.5, 0.6) is 0 Å². The van der Waals surface area contributed by atoms with Gasteiger partial charge in [-0.1, -0.05) is 23.7 Å². The molecular formula is C15H11ClFNO5S. The van der Waals surface area contributed by atoms with Gasteiger partial charge in [0.15, 0.2) is 12.4 Å². The average Bonchev–Trinajstić information content (AvgIpc) is 2.51. The van der Waals surface area contributed by atoms with Gasteiger partial charge in [-0.25, -0.2) is 22.7 Å². The maximum atomic E-state index is 13.1. The van der Waals surface area contributed by atoms with Gasteiger partial charge >= 0.3 is 5.97 Å². The van der Waals surface area contributed by atoms with Crippen LogP contribution in [0.4, 0.5) is 4.39 Å². The number of esters is 1. The Morgan fingerprint density at radius 3 is 2.50 bits per heavy atom. The second kappa shape index (κ2) is 7.08. The van der Waals surface area contributed by atoms with Crippen molar-refractivity contribution in [2.45, 2.75) is 4.90 Å². The Kier molecular flexibility index (Phi) is 5.33. The van der Waals surface area contributed by atoms with Gasteiger partial charge in [0.2, 0.25) is 10.0 Å². The van der Waals surface area contributed by atoms with Gasteiger partial charge in [0.1, 0.15) is 5.82 Å². The van der Waals surface area contributed by atoms with Gasteiger partial charge in [0.25, 0.3) is 0 Å². The van der Waals surface area contributed by atoms with Crippen molar-refractivity contribution in [2.75, 3.05) is 6.61 Å². The number of hydrogen-bond donors (Lipinski definition) is 1. The maximum Gasteiger partial charge on any atom is 0.340 e. The molecule has 0 saturated heterocycles. The first kappa shape index (κ1) is 18.1. The van der Waals surface area contributed by atoms with Gasteiger partial charge in [-0.3, -0.25) is 4.79 Å². The zero-order chi connectivity index (χ0) is 17.9. The van der Waals surface area contributed by atoms with Crippen molar-refractivity contribution in [1.82, 2.24) is 0 Å². The molecule has 0 heterocycles. The van der Waals surface area contributed by atoms with Crippen LogP contribution in [0.25, 0.3) is 0 Å². The highest BCUT2D eigenvalue weighted by atomic mass is 35.5. The lowest BCUT2D eigenvalue weighted by Gasteiger charge is -2.07. The van der Waals surface area contributed by atoms with Crippen molar-refractivity contribution in [1.29, 1.82) is 0 Å². The molecule has 2 aromatic carbocycles. The van der Waals surface area contributed by atoms with E-state index >= 15 is 0 Å². The van der Waals surface area contributed by atoms with E-state index in [1.54, 1.807) is 0 Å². The van der Waals surface area contributed by atoms with Crippen molar-refractivity contribution in [3.8, 4) is 0 Å². The number of hydrogen-bond acceptors (Lipinski definition) is 5. The van der Waals surface area contributed by atoms with Crippen LogP contribution in [-0.2, 0) is 14.8 Å². The topological polar surface area (TPSA) is 104 Å². The summed E-state index contributed by atoms with van der Waals surface area (Å²) >= 11 is 5.82. The van der Waals surface area contributed by atoms with Gasteiger partial charge in [-0.05, 0) is 30.3 Å². The maximum absolute atomic E-state index is 13.1. The fraction of sp³-hybridized carbons (Fsp3) is 0.0667. The highest BCUT2D eigenvalue weighted by Gasteiger charge is 2.18. The van der Waals surface area contributed by atoms with E-state index < -0.39 is 34.2 Å². The van der Waals surface area contributed by atoms with E-state index in [-0.39, 0.29) is 21.0 Å². The number of halogens is 2. The zero-order valence-electron chi connectivity index (χ0n) is 12.0. The molecule has 0 aromatic heterocycles. The molecule has 2 aromatic rings. The first-order chi connectivity index (χ1) is 11.2. The molecule has 2 rings (SSSR count). The van der Waals surface area contributed by atoms with E-state index in [9.17, 15) is 22.4 Å². The summed E-state index contributed by atoms with van der Waals surface area (Å²) in [6.45, 7) is -0.655. The Morgan fingerprint density at radius 2 is 1.88 bits per heavy atom. The molecule has 0 saturated carbocycles. The highest BCUT2D eigenvalue weighted by Crippen LogP contribution is 2.21. The summed E-state index contributed by atoms with van der Waals surface area (Å²) in [5, 5.41) is 4.91. The van der Waals surface area contributed by atoms with Crippen LogP contribution in [0.3, 0.4) is 0 Å². The van der Waals surface area contributed by atoms with E-state index in [1.165, 1.54) is 24.3 Å². The number of rotatable bonds is 5. The lowest BCUT2D eigenvalue weighted by atomic mass is 10.1. The van der Waals surface area contributed by atoms with Gasteiger partial charge in [0.05, 0.1) is 15.5 Å². The van der Waals surface area contributed by atoms with E-state index in [0.29, 0.717) is 0 Å². The van der Waals surface area contributed by atoms with E-state index in [4.69, 9.17) is 21.5 Å².